The zero-order valence-corrected chi connectivity index (χ0v) is 10.3. The van der Waals surface area contributed by atoms with E-state index in [0.29, 0.717) is 0 Å². The molecule has 3 N–H and O–H groups in total. The van der Waals surface area contributed by atoms with Crippen LogP contribution in [0.3, 0.4) is 0 Å². The molecule has 3 heteroatoms. The van der Waals surface area contributed by atoms with E-state index in [-0.39, 0.29) is 6.04 Å². The predicted octanol–water partition coefficient (Wildman–Crippen LogP) is 2.51. The Balaban J connectivity index is 2.72. The summed E-state index contributed by atoms with van der Waals surface area (Å²) in [4.78, 5) is 0. The lowest BCUT2D eigenvalue weighted by Crippen LogP contribution is -2.28. The Kier molecular flexibility index (Phi) is 5.76. The number of thioether (sulfide) groups is 1. The number of nitrogens with one attached hydrogen (secondary N) is 1. The lowest BCUT2D eigenvalue weighted by molar-refractivity contribution is 0.542. The van der Waals surface area contributed by atoms with E-state index in [0.717, 1.165) is 18.6 Å². The molecule has 0 saturated heterocycles. The topological polar surface area (TPSA) is 38.0 Å². The molecular weight excluding hydrogens is 204 g/mol. The summed E-state index contributed by atoms with van der Waals surface area (Å²) in [6, 6.07) is 8.93. The second-order valence-corrected chi connectivity index (χ2v) is 4.58. The van der Waals surface area contributed by atoms with Crippen LogP contribution in [-0.4, -0.2) is 12.0 Å². The zero-order chi connectivity index (χ0) is 11.1. The SMILES string of the molecule is CCc1cccc(C(CCSC)NN)c1. The molecule has 84 valence electrons. The molecule has 0 aromatic heterocycles. The van der Waals surface area contributed by atoms with Crippen molar-refractivity contribution >= 4 is 11.8 Å². The van der Waals surface area contributed by atoms with Gasteiger partial charge in [-0.1, -0.05) is 31.2 Å². The third-order valence-corrected chi connectivity index (χ3v) is 3.22. The van der Waals surface area contributed by atoms with E-state index >= 15 is 0 Å². The van der Waals surface area contributed by atoms with Gasteiger partial charge in [0.15, 0.2) is 0 Å². The van der Waals surface area contributed by atoms with Gasteiger partial charge in [0, 0.05) is 6.04 Å². The monoisotopic (exact) mass is 224 g/mol. The summed E-state index contributed by atoms with van der Waals surface area (Å²) in [5.41, 5.74) is 5.56. The highest BCUT2D eigenvalue weighted by Gasteiger charge is 2.08. The minimum absolute atomic E-state index is 0.281. The van der Waals surface area contributed by atoms with Gasteiger partial charge in [0.05, 0.1) is 0 Å². The summed E-state index contributed by atoms with van der Waals surface area (Å²) in [5, 5.41) is 0. The van der Waals surface area contributed by atoms with E-state index in [1.54, 1.807) is 0 Å². The van der Waals surface area contributed by atoms with Gasteiger partial charge in [-0.2, -0.15) is 11.8 Å². The average Bonchev–Trinajstić information content (AvgIpc) is 2.30. The van der Waals surface area contributed by atoms with Gasteiger partial charge >= 0.3 is 0 Å². The molecule has 0 aliphatic rings. The van der Waals surface area contributed by atoms with Crippen LogP contribution in [0.4, 0.5) is 0 Å². The Morgan fingerprint density at radius 2 is 2.27 bits per heavy atom. The van der Waals surface area contributed by atoms with Crippen LogP contribution < -0.4 is 11.3 Å². The van der Waals surface area contributed by atoms with Crippen LogP contribution in [0.2, 0.25) is 0 Å². The van der Waals surface area contributed by atoms with Crippen LogP contribution >= 0.6 is 11.8 Å². The van der Waals surface area contributed by atoms with Crippen molar-refractivity contribution in [3.63, 3.8) is 0 Å². The normalized spacial score (nSPS) is 12.7. The standard InChI is InChI=1S/C12H20N2S/c1-3-10-5-4-6-11(9-10)12(14-13)7-8-15-2/h4-6,9,12,14H,3,7-8,13H2,1-2H3. The highest BCUT2D eigenvalue weighted by molar-refractivity contribution is 7.98. The Morgan fingerprint density at radius 1 is 1.47 bits per heavy atom. The molecule has 1 unspecified atom stereocenters. The van der Waals surface area contributed by atoms with Crippen LogP contribution in [0.25, 0.3) is 0 Å². The summed E-state index contributed by atoms with van der Waals surface area (Å²) in [6.45, 7) is 2.17. The van der Waals surface area contributed by atoms with E-state index in [1.165, 1.54) is 11.1 Å². The van der Waals surface area contributed by atoms with Gasteiger partial charge in [-0.3, -0.25) is 11.3 Å². The summed E-state index contributed by atoms with van der Waals surface area (Å²) in [7, 11) is 0. The number of hydrogen-bond acceptors (Lipinski definition) is 3. The van der Waals surface area contributed by atoms with Crippen molar-refractivity contribution < 1.29 is 0 Å². The smallest absolute Gasteiger partial charge is 0.0467 e. The van der Waals surface area contributed by atoms with Crippen LogP contribution in [-0.2, 0) is 6.42 Å². The first kappa shape index (κ1) is 12.6. The van der Waals surface area contributed by atoms with Gasteiger partial charge in [0.2, 0.25) is 0 Å². The Labute approximate surface area is 96.6 Å². The van der Waals surface area contributed by atoms with Crippen molar-refractivity contribution in [2.24, 2.45) is 5.84 Å². The molecule has 0 spiro atoms. The maximum atomic E-state index is 5.58. The molecule has 0 fully saturated rings. The molecule has 0 aliphatic carbocycles. The number of rotatable bonds is 6. The molecule has 1 aromatic carbocycles. The van der Waals surface area contributed by atoms with E-state index < -0.39 is 0 Å². The first-order valence-electron chi connectivity index (χ1n) is 5.35. The number of hydrazine groups is 1. The molecule has 2 nitrogen and oxygen atoms in total. The molecule has 1 atom stereocenters. The van der Waals surface area contributed by atoms with Gasteiger partial charge in [0.1, 0.15) is 0 Å². The van der Waals surface area contributed by atoms with E-state index in [9.17, 15) is 0 Å². The van der Waals surface area contributed by atoms with E-state index in [4.69, 9.17) is 5.84 Å². The van der Waals surface area contributed by atoms with E-state index in [2.05, 4.69) is 42.9 Å². The molecule has 0 heterocycles. The molecule has 1 aromatic rings. The van der Waals surface area contributed by atoms with Crippen molar-refractivity contribution in [2.45, 2.75) is 25.8 Å². The molecular formula is C12H20N2S. The minimum atomic E-state index is 0.281. The molecule has 1 rings (SSSR count). The summed E-state index contributed by atoms with van der Waals surface area (Å²) < 4.78 is 0. The van der Waals surface area contributed by atoms with Crippen LogP contribution in [0.15, 0.2) is 24.3 Å². The quantitative estimate of drug-likeness (QED) is 0.576. The van der Waals surface area contributed by atoms with Crippen molar-refractivity contribution in [1.29, 1.82) is 0 Å². The fourth-order valence-electron chi connectivity index (χ4n) is 1.61. The highest BCUT2D eigenvalue weighted by atomic mass is 32.2. The summed E-state index contributed by atoms with van der Waals surface area (Å²) in [5.74, 6) is 6.71. The molecule has 0 bridgehead atoms. The fourth-order valence-corrected chi connectivity index (χ4v) is 2.08. The lowest BCUT2D eigenvalue weighted by Gasteiger charge is -2.16. The Morgan fingerprint density at radius 3 is 2.87 bits per heavy atom. The number of hydrogen-bond donors (Lipinski definition) is 2. The maximum Gasteiger partial charge on any atom is 0.0467 e. The van der Waals surface area contributed by atoms with Crippen molar-refractivity contribution in [2.75, 3.05) is 12.0 Å². The summed E-state index contributed by atoms with van der Waals surface area (Å²) >= 11 is 1.85. The van der Waals surface area contributed by atoms with Crippen molar-refractivity contribution in [3.05, 3.63) is 35.4 Å². The van der Waals surface area contributed by atoms with E-state index in [1.807, 2.05) is 11.8 Å². The van der Waals surface area contributed by atoms with Gasteiger partial charge in [-0.05, 0) is 36.0 Å². The molecule has 0 amide bonds. The van der Waals surface area contributed by atoms with Gasteiger partial charge in [0.25, 0.3) is 0 Å². The number of benzene rings is 1. The average molecular weight is 224 g/mol. The van der Waals surface area contributed by atoms with Gasteiger partial charge in [-0.25, -0.2) is 0 Å². The predicted molar refractivity (Wildman–Crippen MR) is 68.9 cm³/mol. The third-order valence-electron chi connectivity index (χ3n) is 2.57. The summed E-state index contributed by atoms with van der Waals surface area (Å²) in [6.07, 6.45) is 4.27. The molecule has 0 saturated carbocycles. The first-order valence-corrected chi connectivity index (χ1v) is 6.75. The molecule has 0 radical (unpaired) electrons. The van der Waals surface area contributed by atoms with Gasteiger partial charge < -0.3 is 0 Å². The Bertz CT molecular complexity index is 289. The van der Waals surface area contributed by atoms with Crippen LogP contribution in [0, 0.1) is 0 Å². The number of nitrogens with two attached hydrogens (primary N) is 1. The van der Waals surface area contributed by atoms with Crippen LogP contribution in [0.1, 0.15) is 30.5 Å². The van der Waals surface area contributed by atoms with Crippen molar-refractivity contribution in [1.82, 2.24) is 5.43 Å². The number of aryl methyl sites for hydroxylation is 1. The first-order chi connectivity index (χ1) is 7.31. The second kappa shape index (κ2) is 6.88. The zero-order valence-electron chi connectivity index (χ0n) is 9.49. The fraction of sp³-hybridized carbons (Fsp3) is 0.500. The largest absolute Gasteiger partial charge is 0.271 e. The van der Waals surface area contributed by atoms with Crippen LogP contribution in [0.5, 0.6) is 0 Å². The van der Waals surface area contributed by atoms with Gasteiger partial charge in [-0.15, -0.1) is 0 Å². The maximum absolute atomic E-state index is 5.58. The van der Waals surface area contributed by atoms with Crippen molar-refractivity contribution in [3.8, 4) is 0 Å². The lowest BCUT2D eigenvalue weighted by atomic mass is 10.0. The molecule has 15 heavy (non-hydrogen) atoms. The second-order valence-electron chi connectivity index (χ2n) is 3.60. The minimum Gasteiger partial charge on any atom is -0.271 e. The third kappa shape index (κ3) is 3.86. The Hall–Kier alpha value is -0.510. The highest BCUT2D eigenvalue weighted by Crippen LogP contribution is 2.19. The molecule has 0 aliphatic heterocycles.